The van der Waals surface area contributed by atoms with E-state index in [-0.39, 0.29) is 17.2 Å². The summed E-state index contributed by atoms with van der Waals surface area (Å²) in [7, 11) is 1.71. The Balaban J connectivity index is 1.59. The van der Waals surface area contributed by atoms with Gasteiger partial charge in [-0.15, -0.1) is 0 Å². The van der Waals surface area contributed by atoms with Crippen LogP contribution in [0, 0.1) is 13.8 Å². The normalized spacial score (nSPS) is 22.6. The van der Waals surface area contributed by atoms with Crippen molar-refractivity contribution in [3.8, 4) is 0 Å². The van der Waals surface area contributed by atoms with Crippen molar-refractivity contribution in [3.63, 3.8) is 0 Å². The minimum atomic E-state index is -0.351. The van der Waals surface area contributed by atoms with E-state index in [0.29, 0.717) is 24.9 Å². The van der Waals surface area contributed by atoms with Gasteiger partial charge in [-0.05, 0) is 58.1 Å². The van der Waals surface area contributed by atoms with Gasteiger partial charge in [0, 0.05) is 51.5 Å². The van der Waals surface area contributed by atoms with E-state index in [1.807, 2.05) is 30.9 Å². The quantitative estimate of drug-likeness (QED) is 0.698. The monoisotopic (exact) mass is 427 g/mol. The number of carbonyl (C=O) groups is 1. The Hall–Kier alpha value is -2.25. The van der Waals surface area contributed by atoms with E-state index in [2.05, 4.69) is 11.2 Å². The molecule has 2 fully saturated rings. The number of rotatable bonds is 6. The highest BCUT2D eigenvalue weighted by Crippen LogP contribution is 2.37. The lowest BCUT2D eigenvalue weighted by Gasteiger charge is -2.41. The minimum absolute atomic E-state index is 0.0708. The number of hydrogen-bond donors (Lipinski definition) is 0. The summed E-state index contributed by atoms with van der Waals surface area (Å²) in [6.45, 7) is 7.43. The average Bonchev–Trinajstić information content (AvgIpc) is 3.28. The van der Waals surface area contributed by atoms with Crippen molar-refractivity contribution in [2.24, 2.45) is 0 Å². The van der Waals surface area contributed by atoms with Crippen molar-refractivity contribution in [2.45, 2.75) is 57.3 Å². The molecule has 0 spiro atoms. The molecule has 0 saturated carbocycles. The van der Waals surface area contributed by atoms with E-state index in [4.69, 9.17) is 19.0 Å². The Morgan fingerprint density at radius 2 is 1.97 bits per heavy atom. The first kappa shape index (κ1) is 22.0. The van der Waals surface area contributed by atoms with E-state index in [9.17, 15) is 4.79 Å². The Morgan fingerprint density at radius 3 is 2.68 bits per heavy atom. The zero-order valence-corrected chi connectivity index (χ0v) is 18.9. The lowest BCUT2D eigenvalue weighted by molar-refractivity contribution is 0.0567. The molecule has 3 heterocycles. The maximum absolute atomic E-state index is 13.4. The zero-order chi connectivity index (χ0) is 21.8. The van der Waals surface area contributed by atoms with Crippen LogP contribution in [0.1, 0.15) is 71.2 Å². The highest BCUT2D eigenvalue weighted by molar-refractivity contribution is 5.94. The third-order valence-corrected chi connectivity index (χ3v) is 6.60. The Morgan fingerprint density at radius 1 is 1.23 bits per heavy atom. The predicted octanol–water partition coefficient (Wildman–Crippen LogP) is 3.79. The molecule has 7 nitrogen and oxygen atoms in total. The second kappa shape index (κ2) is 9.49. The molecule has 2 aliphatic heterocycles. The van der Waals surface area contributed by atoms with Crippen molar-refractivity contribution in [1.29, 1.82) is 0 Å². The van der Waals surface area contributed by atoms with Gasteiger partial charge in [-0.3, -0.25) is 4.79 Å². The fourth-order valence-corrected chi connectivity index (χ4v) is 4.94. The van der Waals surface area contributed by atoms with Crippen LogP contribution in [0.15, 0.2) is 22.7 Å². The first-order valence-electron chi connectivity index (χ1n) is 11.3. The second-order valence-electron chi connectivity index (χ2n) is 9.07. The maximum Gasteiger partial charge on any atom is 0.253 e. The number of amides is 1. The molecule has 4 rings (SSSR count). The summed E-state index contributed by atoms with van der Waals surface area (Å²) < 4.78 is 16.6. The van der Waals surface area contributed by atoms with Crippen LogP contribution in [0.3, 0.4) is 0 Å². The number of ether oxygens (including phenoxy) is 2. The largest absolute Gasteiger partial charge is 0.385 e. The van der Waals surface area contributed by atoms with Crippen LogP contribution in [0.25, 0.3) is 0 Å². The van der Waals surface area contributed by atoms with Crippen LogP contribution in [-0.2, 0) is 14.9 Å². The van der Waals surface area contributed by atoms with Crippen molar-refractivity contribution < 1.29 is 18.8 Å². The summed E-state index contributed by atoms with van der Waals surface area (Å²) in [5.41, 5.74) is 2.60. The number of methoxy groups -OCH3 is 1. The standard InChI is InChI=1S/C24H33N3O4/c1-17-13-18(2)15-20(14-17)22(28)27-9-4-7-24(16-27,8-12-29-3)23-25-21(31-26-23)19-5-10-30-11-6-19/h13-15,19H,4-12,16H2,1-3H3. The van der Waals surface area contributed by atoms with Crippen LogP contribution in [0.4, 0.5) is 0 Å². The van der Waals surface area contributed by atoms with Gasteiger partial charge in [0.1, 0.15) is 0 Å². The molecule has 2 saturated heterocycles. The van der Waals surface area contributed by atoms with Gasteiger partial charge >= 0.3 is 0 Å². The number of benzene rings is 1. The molecule has 1 atom stereocenters. The lowest BCUT2D eigenvalue weighted by atomic mass is 9.76. The molecule has 168 valence electrons. The second-order valence-corrected chi connectivity index (χ2v) is 9.07. The maximum atomic E-state index is 13.4. The topological polar surface area (TPSA) is 77.7 Å². The minimum Gasteiger partial charge on any atom is -0.385 e. The molecule has 0 bridgehead atoms. The summed E-state index contributed by atoms with van der Waals surface area (Å²) >= 11 is 0. The number of piperidine rings is 1. The van der Waals surface area contributed by atoms with Gasteiger partial charge in [-0.2, -0.15) is 4.98 Å². The molecule has 7 heteroatoms. The highest BCUT2D eigenvalue weighted by atomic mass is 16.5. The van der Waals surface area contributed by atoms with E-state index in [1.54, 1.807) is 7.11 Å². The molecular weight excluding hydrogens is 394 g/mol. The number of nitrogens with zero attached hydrogens (tertiary/aromatic N) is 3. The van der Waals surface area contributed by atoms with Crippen molar-refractivity contribution >= 4 is 5.91 Å². The average molecular weight is 428 g/mol. The fourth-order valence-electron chi connectivity index (χ4n) is 4.94. The summed E-state index contributed by atoms with van der Waals surface area (Å²) in [6, 6.07) is 6.03. The van der Waals surface area contributed by atoms with Gasteiger partial charge < -0.3 is 18.9 Å². The molecular formula is C24H33N3O4. The Labute approximate surface area is 184 Å². The number of aromatic nitrogens is 2. The Bertz CT molecular complexity index is 886. The number of aryl methyl sites for hydroxylation is 2. The third-order valence-electron chi connectivity index (χ3n) is 6.60. The first-order valence-corrected chi connectivity index (χ1v) is 11.3. The molecule has 31 heavy (non-hydrogen) atoms. The van der Waals surface area contributed by atoms with E-state index < -0.39 is 0 Å². The zero-order valence-electron chi connectivity index (χ0n) is 18.9. The fraction of sp³-hybridized carbons (Fsp3) is 0.625. The molecule has 0 N–H and O–H groups in total. The molecule has 1 aromatic carbocycles. The number of likely N-dealkylation sites (tertiary alicyclic amines) is 1. The predicted molar refractivity (Wildman–Crippen MR) is 116 cm³/mol. The summed E-state index contributed by atoms with van der Waals surface area (Å²) in [5.74, 6) is 1.74. The third kappa shape index (κ3) is 4.83. The van der Waals surface area contributed by atoms with Gasteiger partial charge in [0.05, 0.1) is 5.41 Å². The molecule has 0 radical (unpaired) electrons. The molecule has 1 aromatic heterocycles. The molecule has 2 aliphatic rings. The Kier molecular flexibility index (Phi) is 6.72. The molecule has 0 aliphatic carbocycles. The van der Waals surface area contributed by atoms with Gasteiger partial charge in [-0.1, -0.05) is 22.3 Å². The van der Waals surface area contributed by atoms with Crippen LogP contribution in [0.5, 0.6) is 0 Å². The lowest BCUT2D eigenvalue weighted by Crippen LogP contribution is -2.49. The summed E-state index contributed by atoms with van der Waals surface area (Å²) in [4.78, 5) is 20.2. The molecule has 1 unspecified atom stereocenters. The van der Waals surface area contributed by atoms with Crippen LogP contribution < -0.4 is 0 Å². The summed E-state index contributed by atoms with van der Waals surface area (Å²) in [6.07, 6.45) is 4.39. The van der Waals surface area contributed by atoms with E-state index in [0.717, 1.165) is 68.6 Å². The highest BCUT2D eigenvalue weighted by Gasteiger charge is 2.43. The van der Waals surface area contributed by atoms with Crippen molar-refractivity contribution in [1.82, 2.24) is 15.0 Å². The van der Waals surface area contributed by atoms with E-state index in [1.165, 1.54) is 0 Å². The van der Waals surface area contributed by atoms with Crippen LogP contribution >= 0.6 is 0 Å². The first-order chi connectivity index (χ1) is 15.0. The van der Waals surface area contributed by atoms with Crippen molar-refractivity contribution in [2.75, 3.05) is 40.0 Å². The van der Waals surface area contributed by atoms with Crippen LogP contribution in [-0.4, -0.2) is 61.0 Å². The molecule has 1 amide bonds. The van der Waals surface area contributed by atoms with Gasteiger partial charge in [0.25, 0.3) is 5.91 Å². The van der Waals surface area contributed by atoms with Crippen molar-refractivity contribution in [3.05, 3.63) is 46.6 Å². The summed E-state index contributed by atoms with van der Waals surface area (Å²) in [5, 5.41) is 4.41. The smallest absolute Gasteiger partial charge is 0.253 e. The van der Waals surface area contributed by atoms with Gasteiger partial charge in [0.2, 0.25) is 5.89 Å². The van der Waals surface area contributed by atoms with Crippen LogP contribution in [0.2, 0.25) is 0 Å². The number of carbonyl (C=O) groups excluding carboxylic acids is 1. The van der Waals surface area contributed by atoms with E-state index >= 15 is 0 Å². The van der Waals surface area contributed by atoms with Gasteiger partial charge in [0.15, 0.2) is 5.82 Å². The number of hydrogen-bond acceptors (Lipinski definition) is 6. The molecule has 2 aromatic rings. The van der Waals surface area contributed by atoms with Gasteiger partial charge in [-0.25, -0.2) is 0 Å². The SMILES string of the molecule is COCCC1(c2noc(C3CCOCC3)n2)CCCN(C(=O)c2cc(C)cc(C)c2)C1.